The van der Waals surface area contributed by atoms with Crippen LogP contribution < -0.4 is 5.46 Å². The molecule has 0 aliphatic carbocycles. The summed E-state index contributed by atoms with van der Waals surface area (Å²) in [6.07, 6.45) is 0. The second kappa shape index (κ2) is 11.8. The zero-order valence-electron chi connectivity index (χ0n) is 28.5. The first kappa shape index (κ1) is 32.5. The van der Waals surface area contributed by atoms with E-state index < -0.39 is 46.0 Å². The van der Waals surface area contributed by atoms with Crippen LogP contribution in [0.25, 0.3) is 88.0 Å². The van der Waals surface area contributed by atoms with Gasteiger partial charge in [-0.25, -0.2) is 0 Å². The Hall–Kier alpha value is -7.46. The standard InChI is InChI=1S/C44H29BO9/c45-36-41(50)38(47)34(39(48)42(36)51)27-18-21(19-29-32(27)26-16-8-9-17-28(26)54-29)30-22-12-4-6-14-24(22)33(25-15-7-5-13-23(25)30)35-31(20-10-2-1-3-11-20)37(46)43(52)44(53)40(35)49/h1-19,46-53H,45H2. The third-order valence-electron chi connectivity index (χ3n) is 10.3. The molecule has 8 N–H and O–H groups in total. The maximum absolute atomic E-state index is 11.6. The molecular weight excluding hydrogens is 683 g/mol. The van der Waals surface area contributed by atoms with Crippen molar-refractivity contribution in [3.63, 3.8) is 0 Å². The minimum absolute atomic E-state index is 0.0878. The summed E-state index contributed by atoms with van der Waals surface area (Å²) in [5.74, 6) is -5.35. The van der Waals surface area contributed by atoms with Crippen molar-refractivity contribution in [3.8, 4) is 90.5 Å². The Bertz CT molecular complexity index is 2960. The number of phenols is 8. The summed E-state index contributed by atoms with van der Waals surface area (Å²) < 4.78 is 6.38. The predicted molar refractivity (Wildman–Crippen MR) is 212 cm³/mol. The molecule has 0 aliphatic heterocycles. The Morgan fingerprint density at radius 3 is 1.39 bits per heavy atom. The Morgan fingerprint density at radius 2 is 0.815 bits per heavy atom. The van der Waals surface area contributed by atoms with Gasteiger partial charge < -0.3 is 45.3 Å². The van der Waals surface area contributed by atoms with E-state index in [-0.39, 0.29) is 27.7 Å². The number of fused-ring (bicyclic) bond motifs is 5. The fourth-order valence-corrected chi connectivity index (χ4v) is 7.80. The lowest BCUT2D eigenvalue weighted by Gasteiger charge is -2.22. The molecule has 54 heavy (non-hydrogen) atoms. The van der Waals surface area contributed by atoms with Gasteiger partial charge in [0.2, 0.25) is 11.5 Å². The van der Waals surface area contributed by atoms with Gasteiger partial charge in [-0.05, 0) is 56.4 Å². The molecule has 1 aromatic heterocycles. The van der Waals surface area contributed by atoms with E-state index in [2.05, 4.69) is 0 Å². The molecule has 262 valence electrons. The maximum atomic E-state index is 11.6. The molecule has 0 aliphatic rings. The second-order valence-corrected chi connectivity index (χ2v) is 13.2. The fraction of sp³-hybridized carbons (Fsp3) is 0. The summed E-state index contributed by atoms with van der Waals surface area (Å²) in [5, 5.41) is 92.9. The molecule has 0 saturated carbocycles. The zero-order valence-corrected chi connectivity index (χ0v) is 28.5. The van der Waals surface area contributed by atoms with Gasteiger partial charge in [0.15, 0.2) is 34.5 Å². The highest BCUT2D eigenvalue weighted by atomic mass is 16.3. The smallest absolute Gasteiger partial charge is 0.204 e. The number of benzene rings is 8. The summed E-state index contributed by atoms with van der Waals surface area (Å²) in [6, 6.07) is 34.5. The molecule has 10 heteroatoms. The van der Waals surface area contributed by atoms with Crippen molar-refractivity contribution in [1.29, 1.82) is 0 Å². The summed E-state index contributed by atoms with van der Waals surface area (Å²) in [6.45, 7) is 0. The van der Waals surface area contributed by atoms with Crippen LogP contribution in [0.1, 0.15) is 0 Å². The molecule has 0 bridgehead atoms. The van der Waals surface area contributed by atoms with Gasteiger partial charge in [-0.3, -0.25) is 0 Å². The van der Waals surface area contributed by atoms with Crippen LogP contribution in [0.5, 0.6) is 46.0 Å². The first-order chi connectivity index (χ1) is 26.1. The highest BCUT2D eigenvalue weighted by Crippen LogP contribution is 2.58. The first-order valence-electron chi connectivity index (χ1n) is 17.0. The van der Waals surface area contributed by atoms with Crippen LogP contribution in [0.15, 0.2) is 120 Å². The molecule has 1 heterocycles. The van der Waals surface area contributed by atoms with E-state index in [1.165, 1.54) is 7.85 Å². The average Bonchev–Trinajstić information content (AvgIpc) is 3.58. The monoisotopic (exact) mass is 712 g/mol. The summed E-state index contributed by atoms with van der Waals surface area (Å²) in [4.78, 5) is 0. The Balaban J connectivity index is 1.46. The molecule has 9 aromatic rings. The molecule has 0 radical (unpaired) electrons. The van der Waals surface area contributed by atoms with Gasteiger partial charge in [0, 0.05) is 38.5 Å². The molecule has 0 amide bonds. The van der Waals surface area contributed by atoms with Crippen LogP contribution >= 0.6 is 0 Å². The molecule has 9 nitrogen and oxygen atoms in total. The molecule has 0 atom stereocenters. The lowest BCUT2D eigenvalue weighted by atomic mass is 9.82. The van der Waals surface area contributed by atoms with Crippen molar-refractivity contribution in [2.75, 3.05) is 0 Å². The van der Waals surface area contributed by atoms with E-state index >= 15 is 0 Å². The molecule has 0 spiro atoms. The second-order valence-electron chi connectivity index (χ2n) is 13.2. The molecular formula is C44H29BO9. The summed E-state index contributed by atoms with van der Waals surface area (Å²) >= 11 is 0. The molecule has 0 saturated heterocycles. The van der Waals surface area contributed by atoms with Gasteiger partial charge in [0.05, 0.1) is 5.56 Å². The zero-order chi connectivity index (χ0) is 37.6. The van der Waals surface area contributed by atoms with E-state index in [1.807, 2.05) is 72.8 Å². The molecule has 9 rings (SSSR count). The van der Waals surface area contributed by atoms with Gasteiger partial charge in [0.1, 0.15) is 19.0 Å². The highest BCUT2D eigenvalue weighted by molar-refractivity contribution is 6.37. The lowest BCUT2D eigenvalue weighted by Crippen LogP contribution is -2.05. The van der Waals surface area contributed by atoms with Crippen molar-refractivity contribution in [2.45, 2.75) is 0 Å². The van der Waals surface area contributed by atoms with Crippen molar-refractivity contribution in [1.82, 2.24) is 0 Å². The Morgan fingerprint density at radius 1 is 0.352 bits per heavy atom. The van der Waals surface area contributed by atoms with Crippen LogP contribution in [0.2, 0.25) is 0 Å². The van der Waals surface area contributed by atoms with Crippen molar-refractivity contribution in [3.05, 3.63) is 115 Å². The van der Waals surface area contributed by atoms with Gasteiger partial charge in [-0.15, -0.1) is 0 Å². The number of para-hydroxylation sites is 1. The Labute approximate surface area is 307 Å². The van der Waals surface area contributed by atoms with E-state index in [1.54, 1.807) is 42.5 Å². The largest absolute Gasteiger partial charge is 0.505 e. The van der Waals surface area contributed by atoms with Crippen LogP contribution in [0.4, 0.5) is 0 Å². The van der Waals surface area contributed by atoms with Crippen LogP contribution in [0.3, 0.4) is 0 Å². The third-order valence-corrected chi connectivity index (χ3v) is 10.3. The normalized spacial score (nSPS) is 11.6. The summed E-state index contributed by atoms with van der Waals surface area (Å²) in [5.41, 5.74) is 3.38. The van der Waals surface area contributed by atoms with Gasteiger partial charge in [0.25, 0.3) is 0 Å². The van der Waals surface area contributed by atoms with Gasteiger partial charge in [-0.1, -0.05) is 97.1 Å². The highest BCUT2D eigenvalue weighted by Gasteiger charge is 2.30. The van der Waals surface area contributed by atoms with E-state index in [4.69, 9.17) is 4.42 Å². The van der Waals surface area contributed by atoms with E-state index in [9.17, 15) is 40.9 Å². The number of hydrogen-bond donors (Lipinski definition) is 8. The van der Waals surface area contributed by atoms with Crippen molar-refractivity contribution in [2.24, 2.45) is 0 Å². The predicted octanol–water partition coefficient (Wildman–Crippen LogP) is 8.46. The maximum Gasteiger partial charge on any atom is 0.204 e. The number of hydrogen-bond acceptors (Lipinski definition) is 9. The quantitative estimate of drug-likeness (QED) is 0.0385. The van der Waals surface area contributed by atoms with Gasteiger partial charge >= 0.3 is 0 Å². The average molecular weight is 713 g/mol. The van der Waals surface area contributed by atoms with Crippen LogP contribution in [0, 0.1) is 0 Å². The number of furan rings is 1. The topological polar surface area (TPSA) is 175 Å². The minimum atomic E-state index is -0.872. The first-order valence-corrected chi connectivity index (χ1v) is 17.0. The van der Waals surface area contributed by atoms with E-state index in [0.29, 0.717) is 65.7 Å². The van der Waals surface area contributed by atoms with Crippen LogP contribution in [-0.2, 0) is 0 Å². The lowest BCUT2D eigenvalue weighted by molar-refractivity contribution is 0.348. The third kappa shape index (κ3) is 4.46. The minimum Gasteiger partial charge on any atom is -0.505 e. The van der Waals surface area contributed by atoms with Crippen molar-refractivity contribution >= 4 is 56.8 Å². The molecule has 0 fully saturated rings. The fourth-order valence-electron chi connectivity index (χ4n) is 7.80. The molecule has 8 aromatic carbocycles. The summed E-state index contributed by atoms with van der Waals surface area (Å²) in [7, 11) is 1.38. The number of phenolic OH excluding ortho intramolecular Hbond substituents is 8. The van der Waals surface area contributed by atoms with E-state index in [0.717, 1.165) is 0 Å². The molecule has 0 unspecified atom stereocenters. The van der Waals surface area contributed by atoms with Gasteiger partial charge in [-0.2, -0.15) is 0 Å². The number of aromatic hydroxyl groups is 8. The Kier molecular flexibility index (Phi) is 7.09. The van der Waals surface area contributed by atoms with Crippen molar-refractivity contribution < 1.29 is 45.3 Å². The number of rotatable bonds is 4. The van der Waals surface area contributed by atoms with Crippen LogP contribution in [-0.4, -0.2) is 48.7 Å². The SMILES string of the molecule is Bc1c(O)c(O)c(-c2cc(-c3c4ccccc4c(-c4c(O)c(O)c(O)c(O)c4-c4ccccc4)c4ccccc34)cc3oc4ccccc4c23)c(O)c1O.